The second-order valence-electron chi connectivity index (χ2n) is 5.57. The van der Waals surface area contributed by atoms with Gasteiger partial charge in [-0.15, -0.1) is 10.2 Å². The van der Waals surface area contributed by atoms with E-state index in [0.717, 1.165) is 10.4 Å². The molecule has 140 valence electrons. The Balaban J connectivity index is 1.53. The molecule has 0 saturated heterocycles. The minimum absolute atomic E-state index is 0.0572. The number of carbonyl (C=O) groups is 1. The summed E-state index contributed by atoms with van der Waals surface area (Å²) in [6.07, 6.45) is 4.84. The van der Waals surface area contributed by atoms with Crippen molar-refractivity contribution in [2.24, 2.45) is 5.10 Å². The van der Waals surface area contributed by atoms with Gasteiger partial charge in [-0.25, -0.2) is 5.43 Å². The summed E-state index contributed by atoms with van der Waals surface area (Å²) in [5.74, 6) is -0.0885. The standard InChI is InChI=1S/C18H15N7O3/c26-18(21-19-12-15-7-4-8-16(11-15)25(27)28)13-24-22-17(20-23-24)10-9-14-5-2-1-3-6-14/h1-12H,13H2,(H,21,26)/b10-9+,19-12+. The molecule has 10 nitrogen and oxygen atoms in total. The fourth-order valence-corrected chi connectivity index (χ4v) is 2.19. The van der Waals surface area contributed by atoms with Crippen LogP contribution in [0, 0.1) is 10.1 Å². The summed E-state index contributed by atoms with van der Waals surface area (Å²) in [4.78, 5) is 23.3. The lowest BCUT2D eigenvalue weighted by Crippen LogP contribution is -2.24. The van der Waals surface area contributed by atoms with Gasteiger partial charge in [0.25, 0.3) is 11.6 Å². The number of tetrazole rings is 1. The largest absolute Gasteiger partial charge is 0.271 e. The van der Waals surface area contributed by atoms with Gasteiger partial charge >= 0.3 is 0 Å². The Kier molecular flexibility index (Phi) is 5.93. The van der Waals surface area contributed by atoms with Crippen LogP contribution in [0.2, 0.25) is 0 Å². The highest BCUT2D eigenvalue weighted by Crippen LogP contribution is 2.11. The van der Waals surface area contributed by atoms with Crippen LogP contribution < -0.4 is 5.43 Å². The minimum atomic E-state index is -0.504. The molecule has 1 amide bonds. The summed E-state index contributed by atoms with van der Waals surface area (Å²) in [6, 6.07) is 15.5. The van der Waals surface area contributed by atoms with Crippen molar-refractivity contribution >= 4 is 30.0 Å². The summed E-state index contributed by atoms with van der Waals surface area (Å²) in [5.41, 5.74) is 3.73. The maximum Gasteiger partial charge on any atom is 0.270 e. The lowest BCUT2D eigenvalue weighted by molar-refractivity contribution is -0.384. The van der Waals surface area contributed by atoms with Gasteiger partial charge in [0.1, 0.15) is 6.54 Å². The normalized spacial score (nSPS) is 11.1. The van der Waals surface area contributed by atoms with E-state index >= 15 is 0 Å². The summed E-state index contributed by atoms with van der Waals surface area (Å²) in [6.45, 7) is -0.168. The molecular formula is C18H15N7O3. The van der Waals surface area contributed by atoms with Crippen molar-refractivity contribution in [2.45, 2.75) is 6.54 Å². The van der Waals surface area contributed by atoms with Gasteiger partial charge in [0.05, 0.1) is 11.1 Å². The zero-order valence-electron chi connectivity index (χ0n) is 14.5. The van der Waals surface area contributed by atoms with E-state index in [9.17, 15) is 14.9 Å². The molecule has 0 aliphatic heterocycles. The quantitative estimate of drug-likeness (QED) is 0.380. The van der Waals surface area contributed by atoms with Crippen molar-refractivity contribution in [1.82, 2.24) is 25.6 Å². The van der Waals surface area contributed by atoms with Crippen LogP contribution in [0.5, 0.6) is 0 Å². The van der Waals surface area contributed by atoms with E-state index in [2.05, 4.69) is 25.9 Å². The maximum atomic E-state index is 11.9. The number of carbonyl (C=O) groups excluding carboxylic acids is 1. The third-order valence-corrected chi connectivity index (χ3v) is 3.46. The third-order valence-electron chi connectivity index (χ3n) is 3.46. The highest BCUT2D eigenvalue weighted by molar-refractivity contribution is 5.83. The first-order valence-corrected chi connectivity index (χ1v) is 8.17. The van der Waals surface area contributed by atoms with Crippen LogP contribution in [0.4, 0.5) is 5.69 Å². The number of amides is 1. The van der Waals surface area contributed by atoms with E-state index in [4.69, 9.17) is 0 Å². The average Bonchev–Trinajstić information content (AvgIpc) is 3.14. The Hall–Kier alpha value is -4.21. The second-order valence-corrected chi connectivity index (χ2v) is 5.57. The van der Waals surface area contributed by atoms with E-state index in [1.54, 1.807) is 12.1 Å². The van der Waals surface area contributed by atoms with E-state index < -0.39 is 10.8 Å². The van der Waals surface area contributed by atoms with Gasteiger partial charge in [0.2, 0.25) is 0 Å². The molecule has 0 aliphatic rings. The zero-order valence-corrected chi connectivity index (χ0v) is 14.5. The lowest BCUT2D eigenvalue weighted by atomic mass is 10.2. The molecule has 10 heteroatoms. The fourth-order valence-electron chi connectivity index (χ4n) is 2.19. The van der Waals surface area contributed by atoms with Crippen molar-refractivity contribution in [3.8, 4) is 0 Å². The highest BCUT2D eigenvalue weighted by atomic mass is 16.6. The first-order chi connectivity index (χ1) is 13.6. The van der Waals surface area contributed by atoms with Crippen molar-refractivity contribution in [2.75, 3.05) is 0 Å². The Morgan fingerprint density at radius 2 is 1.93 bits per heavy atom. The topological polar surface area (TPSA) is 128 Å². The number of rotatable bonds is 7. The molecule has 3 rings (SSSR count). The molecule has 0 atom stereocenters. The number of hydrazone groups is 1. The summed E-state index contributed by atoms with van der Waals surface area (Å²) in [7, 11) is 0. The average molecular weight is 377 g/mol. The summed E-state index contributed by atoms with van der Waals surface area (Å²) >= 11 is 0. The Labute approximate surface area is 159 Å². The SMILES string of the molecule is O=C(Cn1nnc(/C=C/c2ccccc2)n1)N/N=C/c1cccc([N+](=O)[O-])c1. The molecule has 1 N–H and O–H groups in total. The number of nitro groups is 1. The summed E-state index contributed by atoms with van der Waals surface area (Å²) < 4.78 is 0. The van der Waals surface area contributed by atoms with Crippen molar-refractivity contribution in [1.29, 1.82) is 0 Å². The zero-order chi connectivity index (χ0) is 19.8. The van der Waals surface area contributed by atoms with E-state index in [1.165, 1.54) is 24.4 Å². The van der Waals surface area contributed by atoms with E-state index in [0.29, 0.717) is 11.4 Å². The van der Waals surface area contributed by atoms with E-state index in [1.807, 2.05) is 36.4 Å². The lowest BCUT2D eigenvalue weighted by Gasteiger charge is -1.98. The van der Waals surface area contributed by atoms with Crippen LogP contribution >= 0.6 is 0 Å². The molecule has 2 aromatic carbocycles. The van der Waals surface area contributed by atoms with Crippen molar-refractivity contribution < 1.29 is 9.72 Å². The Morgan fingerprint density at radius 3 is 2.71 bits per heavy atom. The molecule has 0 fully saturated rings. The number of hydrogen-bond acceptors (Lipinski definition) is 7. The van der Waals surface area contributed by atoms with Crippen LogP contribution in [0.3, 0.4) is 0 Å². The van der Waals surface area contributed by atoms with Gasteiger partial charge < -0.3 is 0 Å². The predicted molar refractivity (Wildman–Crippen MR) is 102 cm³/mol. The molecule has 0 spiro atoms. The number of nitrogens with zero attached hydrogens (tertiary/aromatic N) is 6. The Bertz CT molecular complexity index is 1030. The molecule has 0 radical (unpaired) electrons. The predicted octanol–water partition coefficient (Wildman–Crippen LogP) is 1.90. The number of nitrogens with one attached hydrogen (secondary N) is 1. The van der Waals surface area contributed by atoms with Crippen LogP contribution in [-0.2, 0) is 11.3 Å². The molecule has 0 bridgehead atoms. The van der Waals surface area contributed by atoms with Gasteiger partial charge in [0.15, 0.2) is 5.82 Å². The van der Waals surface area contributed by atoms with Crippen LogP contribution in [-0.4, -0.2) is 37.3 Å². The highest BCUT2D eigenvalue weighted by Gasteiger charge is 2.06. The molecule has 0 unspecified atom stereocenters. The first-order valence-electron chi connectivity index (χ1n) is 8.17. The molecule has 1 aromatic heterocycles. The first kappa shape index (κ1) is 18.6. The van der Waals surface area contributed by atoms with Crippen LogP contribution in [0.25, 0.3) is 12.2 Å². The van der Waals surface area contributed by atoms with Crippen molar-refractivity contribution in [3.63, 3.8) is 0 Å². The Morgan fingerprint density at radius 1 is 1.14 bits per heavy atom. The molecule has 28 heavy (non-hydrogen) atoms. The van der Waals surface area contributed by atoms with E-state index in [-0.39, 0.29) is 12.2 Å². The van der Waals surface area contributed by atoms with Gasteiger partial charge in [-0.2, -0.15) is 9.90 Å². The second kappa shape index (κ2) is 8.94. The maximum absolute atomic E-state index is 11.9. The number of nitro benzene ring substituents is 1. The molecule has 0 saturated carbocycles. The molecule has 0 aliphatic carbocycles. The van der Waals surface area contributed by atoms with Gasteiger partial charge in [-0.05, 0) is 16.9 Å². The number of hydrogen-bond donors (Lipinski definition) is 1. The number of aromatic nitrogens is 4. The smallest absolute Gasteiger partial charge is 0.270 e. The van der Waals surface area contributed by atoms with Gasteiger partial charge in [-0.1, -0.05) is 48.5 Å². The minimum Gasteiger partial charge on any atom is -0.271 e. The summed E-state index contributed by atoms with van der Waals surface area (Å²) in [5, 5.41) is 26.2. The monoisotopic (exact) mass is 377 g/mol. The van der Waals surface area contributed by atoms with Gasteiger partial charge in [-0.3, -0.25) is 14.9 Å². The van der Waals surface area contributed by atoms with Crippen molar-refractivity contribution in [3.05, 3.63) is 81.7 Å². The third kappa shape index (κ3) is 5.39. The van der Waals surface area contributed by atoms with Gasteiger partial charge in [0, 0.05) is 17.7 Å². The molecule has 1 heterocycles. The number of benzene rings is 2. The molecule has 3 aromatic rings. The van der Waals surface area contributed by atoms with Crippen LogP contribution in [0.15, 0.2) is 59.7 Å². The van der Waals surface area contributed by atoms with Crippen LogP contribution in [0.1, 0.15) is 17.0 Å². The molecular weight excluding hydrogens is 362 g/mol. The number of non-ortho nitro benzene ring substituents is 1. The fraction of sp³-hybridized carbons (Fsp3) is 0.0556.